The minimum absolute atomic E-state index is 0.113. The zero-order valence-electron chi connectivity index (χ0n) is 8.94. The van der Waals surface area contributed by atoms with E-state index >= 15 is 0 Å². The molecular weight excluding hydrogens is 150 g/mol. The molecule has 0 rings (SSSR count). The lowest BCUT2D eigenvalue weighted by Gasteiger charge is -2.30. The number of hydrogen-bond acceptors (Lipinski definition) is 2. The van der Waals surface area contributed by atoms with Gasteiger partial charge in [-0.1, -0.05) is 27.7 Å². The normalized spacial score (nSPS) is 12.0. The fourth-order valence-electron chi connectivity index (χ4n) is 1.36. The van der Waals surface area contributed by atoms with Gasteiger partial charge in [0.05, 0.1) is 12.3 Å². The van der Waals surface area contributed by atoms with Crippen molar-refractivity contribution in [2.45, 2.75) is 52.6 Å². The average Bonchev–Trinajstić information content (AvgIpc) is 2.14. The number of hydrogen-bond donors (Lipinski definition) is 1. The van der Waals surface area contributed by atoms with Crippen molar-refractivity contribution in [3.05, 3.63) is 0 Å². The Balaban J connectivity index is 3.76. The molecule has 0 amide bonds. The minimum Gasteiger partial charge on any atom is -0.360 e. The first-order chi connectivity index (χ1) is 5.74. The highest BCUT2D eigenvalue weighted by Gasteiger charge is 2.23. The Morgan fingerprint density at radius 2 is 1.50 bits per heavy atom. The third kappa shape index (κ3) is 3.55. The van der Waals surface area contributed by atoms with E-state index in [-0.39, 0.29) is 5.60 Å². The van der Waals surface area contributed by atoms with Gasteiger partial charge in [-0.25, -0.2) is 0 Å². The van der Waals surface area contributed by atoms with Gasteiger partial charge in [0.2, 0.25) is 0 Å². The molecule has 2 heteroatoms. The highest BCUT2D eigenvalue weighted by Crippen LogP contribution is 2.23. The van der Waals surface area contributed by atoms with Crippen molar-refractivity contribution >= 4 is 0 Å². The Hall–Kier alpha value is -0.0800. The molecule has 74 valence electrons. The Morgan fingerprint density at radius 1 is 1.00 bits per heavy atom. The number of rotatable bonds is 7. The highest BCUT2D eigenvalue weighted by atomic mass is 16.5. The number of nitrogens with one attached hydrogen (secondary N) is 1. The second kappa shape index (κ2) is 6.44. The van der Waals surface area contributed by atoms with E-state index in [2.05, 4.69) is 33.0 Å². The van der Waals surface area contributed by atoms with Crippen LogP contribution in [0.25, 0.3) is 0 Å². The summed E-state index contributed by atoms with van der Waals surface area (Å²) in [7, 11) is 0. The largest absolute Gasteiger partial charge is 0.360 e. The molecule has 0 aromatic heterocycles. The van der Waals surface area contributed by atoms with E-state index in [4.69, 9.17) is 4.74 Å². The van der Waals surface area contributed by atoms with E-state index in [1.165, 1.54) is 0 Å². The van der Waals surface area contributed by atoms with E-state index in [9.17, 15) is 0 Å². The lowest BCUT2D eigenvalue weighted by molar-refractivity contribution is -0.0616. The van der Waals surface area contributed by atoms with Crippen LogP contribution in [-0.4, -0.2) is 18.9 Å². The van der Waals surface area contributed by atoms with E-state index in [1.807, 2.05) is 0 Å². The fraction of sp³-hybridized carbons (Fsp3) is 1.00. The topological polar surface area (TPSA) is 21.3 Å². The van der Waals surface area contributed by atoms with Gasteiger partial charge in [-0.3, -0.25) is 5.32 Å². The molecule has 0 aromatic rings. The van der Waals surface area contributed by atoms with E-state index in [0.29, 0.717) is 6.73 Å². The third-order valence-corrected chi connectivity index (χ3v) is 2.66. The van der Waals surface area contributed by atoms with Crippen LogP contribution < -0.4 is 5.32 Å². The summed E-state index contributed by atoms with van der Waals surface area (Å²) in [4.78, 5) is 0. The molecule has 0 unspecified atom stereocenters. The molecule has 0 aliphatic carbocycles. The van der Waals surface area contributed by atoms with Crippen molar-refractivity contribution in [2.24, 2.45) is 0 Å². The van der Waals surface area contributed by atoms with Gasteiger partial charge in [-0.2, -0.15) is 0 Å². The van der Waals surface area contributed by atoms with E-state index < -0.39 is 0 Å². The molecule has 0 heterocycles. The summed E-state index contributed by atoms with van der Waals surface area (Å²) < 4.78 is 5.81. The zero-order valence-corrected chi connectivity index (χ0v) is 8.94. The van der Waals surface area contributed by atoms with Gasteiger partial charge in [-0.15, -0.1) is 0 Å². The maximum Gasteiger partial charge on any atom is 0.0972 e. The minimum atomic E-state index is 0.113. The van der Waals surface area contributed by atoms with Gasteiger partial charge in [0.1, 0.15) is 0 Å². The molecule has 0 aliphatic heterocycles. The highest BCUT2D eigenvalue weighted by molar-refractivity contribution is 4.75. The van der Waals surface area contributed by atoms with E-state index in [0.717, 1.165) is 25.8 Å². The Morgan fingerprint density at radius 3 is 1.83 bits per heavy atom. The molecule has 12 heavy (non-hydrogen) atoms. The van der Waals surface area contributed by atoms with Gasteiger partial charge in [-0.05, 0) is 25.8 Å². The third-order valence-electron chi connectivity index (χ3n) is 2.66. The van der Waals surface area contributed by atoms with Crippen molar-refractivity contribution < 1.29 is 4.74 Å². The van der Waals surface area contributed by atoms with Crippen molar-refractivity contribution in [2.75, 3.05) is 13.3 Å². The monoisotopic (exact) mass is 173 g/mol. The molecule has 2 nitrogen and oxygen atoms in total. The van der Waals surface area contributed by atoms with Crippen molar-refractivity contribution in [3.8, 4) is 0 Å². The predicted molar refractivity (Wildman–Crippen MR) is 53.2 cm³/mol. The summed E-state index contributed by atoms with van der Waals surface area (Å²) >= 11 is 0. The zero-order chi connectivity index (χ0) is 9.45. The average molecular weight is 173 g/mol. The molecule has 0 fully saturated rings. The second-order valence-corrected chi connectivity index (χ2v) is 3.14. The first-order valence-electron chi connectivity index (χ1n) is 5.09. The summed E-state index contributed by atoms with van der Waals surface area (Å²) in [5.41, 5.74) is 0.113. The van der Waals surface area contributed by atoms with E-state index in [1.54, 1.807) is 0 Å². The molecule has 0 atom stereocenters. The van der Waals surface area contributed by atoms with Gasteiger partial charge in [0.15, 0.2) is 0 Å². The van der Waals surface area contributed by atoms with Crippen LogP contribution in [-0.2, 0) is 4.74 Å². The Kier molecular flexibility index (Phi) is 6.39. The SMILES string of the molecule is CCNCOC(CC)(CC)CC. The molecule has 0 aromatic carbocycles. The number of ether oxygens (including phenoxy) is 1. The van der Waals surface area contributed by atoms with Crippen LogP contribution >= 0.6 is 0 Å². The summed E-state index contributed by atoms with van der Waals surface area (Å²) in [6.45, 7) is 10.3. The van der Waals surface area contributed by atoms with Crippen LogP contribution in [0.15, 0.2) is 0 Å². The summed E-state index contributed by atoms with van der Waals surface area (Å²) in [6, 6.07) is 0. The smallest absolute Gasteiger partial charge is 0.0972 e. The van der Waals surface area contributed by atoms with Gasteiger partial charge < -0.3 is 4.74 Å². The summed E-state index contributed by atoms with van der Waals surface area (Å²) in [6.07, 6.45) is 3.31. The standard InChI is InChI=1S/C10H23NO/c1-5-10(6-2,7-3)12-9-11-8-4/h11H,5-9H2,1-4H3. The van der Waals surface area contributed by atoms with Crippen LogP contribution in [0.1, 0.15) is 47.0 Å². The van der Waals surface area contributed by atoms with Gasteiger partial charge in [0, 0.05) is 0 Å². The Bertz CT molecular complexity index is 91.7. The van der Waals surface area contributed by atoms with Crippen molar-refractivity contribution in [3.63, 3.8) is 0 Å². The molecule has 0 saturated carbocycles. The van der Waals surface area contributed by atoms with Crippen molar-refractivity contribution in [1.29, 1.82) is 0 Å². The maximum atomic E-state index is 5.81. The quantitative estimate of drug-likeness (QED) is 0.472. The molecular formula is C10H23NO. The maximum absolute atomic E-state index is 5.81. The van der Waals surface area contributed by atoms with Crippen LogP contribution in [0.2, 0.25) is 0 Å². The van der Waals surface area contributed by atoms with Gasteiger partial charge >= 0.3 is 0 Å². The fourth-order valence-corrected chi connectivity index (χ4v) is 1.36. The van der Waals surface area contributed by atoms with Gasteiger partial charge in [0.25, 0.3) is 0 Å². The van der Waals surface area contributed by atoms with Crippen LogP contribution in [0.5, 0.6) is 0 Å². The molecule has 0 aliphatic rings. The van der Waals surface area contributed by atoms with Crippen LogP contribution in [0.4, 0.5) is 0 Å². The summed E-state index contributed by atoms with van der Waals surface area (Å²) in [5, 5.41) is 3.18. The molecule has 0 bridgehead atoms. The predicted octanol–water partition coefficient (Wildman–Crippen LogP) is 2.54. The Labute approximate surface area is 76.7 Å². The van der Waals surface area contributed by atoms with Crippen LogP contribution in [0, 0.1) is 0 Å². The molecule has 0 radical (unpaired) electrons. The van der Waals surface area contributed by atoms with Crippen LogP contribution in [0.3, 0.4) is 0 Å². The molecule has 0 saturated heterocycles. The van der Waals surface area contributed by atoms with Crippen molar-refractivity contribution in [1.82, 2.24) is 5.32 Å². The second-order valence-electron chi connectivity index (χ2n) is 3.14. The summed E-state index contributed by atoms with van der Waals surface area (Å²) in [5.74, 6) is 0. The lowest BCUT2D eigenvalue weighted by atomic mass is 9.94. The first-order valence-corrected chi connectivity index (χ1v) is 5.09. The molecule has 0 spiro atoms. The molecule has 1 N–H and O–H groups in total. The first kappa shape index (κ1) is 11.9. The lowest BCUT2D eigenvalue weighted by Crippen LogP contribution is -2.34.